The Bertz CT molecular complexity index is 415. The van der Waals surface area contributed by atoms with E-state index in [0.717, 1.165) is 13.0 Å². The van der Waals surface area contributed by atoms with Crippen molar-refractivity contribution >= 4 is 6.71 Å². The average molecular weight is 338 g/mol. The molecule has 1 aliphatic rings. The van der Waals surface area contributed by atoms with E-state index in [4.69, 9.17) is 4.74 Å². The van der Waals surface area contributed by atoms with Crippen molar-refractivity contribution in [3.05, 3.63) is 23.7 Å². The summed E-state index contributed by atoms with van der Waals surface area (Å²) in [4.78, 5) is 4.57. The Kier molecular flexibility index (Phi) is 9.85. The van der Waals surface area contributed by atoms with Gasteiger partial charge in [-0.15, -0.1) is 0 Å². The largest absolute Gasteiger partial charge is 0.396 e. The van der Waals surface area contributed by atoms with Crippen LogP contribution in [-0.4, -0.2) is 79.1 Å². The number of allylic oxidation sites excluding steroid dienone is 2. The highest BCUT2D eigenvalue weighted by molar-refractivity contribution is 6.64. The molecule has 0 fully saturated rings. The highest BCUT2D eigenvalue weighted by Crippen LogP contribution is 2.20. The summed E-state index contributed by atoms with van der Waals surface area (Å²) < 4.78 is 5.29. The SMILES string of the molecule is CCOC(O)C[C@H](CCO)N(C)C1/C=C(/B(C)C)C=CCCN1C. The molecule has 0 aromatic carbocycles. The molecule has 2 N–H and O–H groups in total. The lowest BCUT2D eigenvalue weighted by Crippen LogP contribution is -2.50. The van der Waals surface area contributed by atoms with Crippen molar-refractivity contribution in [3.63, 3.8) is 0 Å². The maximum atomic E-state index is 10.0. The minimum atomic E-state index is -0.790. The molecule has 0 aliphatic carbocycles. The zero-order valence-electron chi connectivity index (χ0n) is 16.0. The summed E-state index contributed by atoms with van der Waals surface area (Å²) in [6.07, 6.45) is 8.26. The molecule has 0 bridgehead atoms. The van der Waals surface area contributed by atoms with Crippen molar-refractivity contribution in [2.45, 2.75) is 58.3 Å². The molecular weight excluding hydrogens is 303 g/mol. The Morgan fingerprint density at radius 2 is 2.17 bits per heavy atom. The lowest BCUT2D eigenvalue weighted by atomic mass is 9.48. The highest BCUT2D eigenvalue weighted by atomic mass is 16.6. The van der Waals surface area contributed by atoms with Gasteiger partial charge in [0, 0.05) is 32.2 Å². The van der Waals surface area contributed by atoms with Crippen LogP contribution >= 0.6 is 0 Å². The fraction of sp³-hybridized carbons (Fsp3) is 0.778. The molecule has 0 saturated carbocycles. The predicted octanol–water partition coefficient (Wildman–Crippen LogP) is 1.85. The third kappa shape index (κ3) is 6.69. The summed E-state index contributed by atoms with van der Waals surface area (Å²) >= 11 is 0. The van der Waals surface area contributed by atoms with E-state index in [1.807, 2.05) is 6.92 Å². The molecule has 1 rings (SSSR count). The highest BCUT2D eigenvalue weighted by Gasteiger charge is 2.27. The molecule has 0 amide bonds. The predicted molar refractivity (Wildman–Crippen MR) is 101 cm³/mol. The van der Waals surface area contributed by atoms with Crippen molar-refractivity contribution < 1.29 is 14.9 Å². The Morgan fingerprint density at radius 3 is 2.75 bits per heavy atom. The van der Waals surface area contributed by atoms with Crippen molar-refractivity contribution in [2.24, 2.45) is 0 Å². The minimum absolute atomic E-state index is 0.0528. The van der Waals surface area contributed by atoms with Crippen LogP contribution in [-0.2, 0) is 4.74 Å². The summed E-state index contributed by atoms with van der Waals surface area (Å²) in [7, 11) is 4.20. The molecule has 138 valence electrons. The van der Waals surface area contributed by atoms with Gasteiger partial charge in [0.05, 0.1) is 6.17 Å². The summed E-state index contributed by atoms with van der Waals surface area (Å²) in [6, 6.07) is 0.0528. The van der Waals surface area contributed by atoms with E-state index in [-0.39, 0.29) is 18.8 Å². The van der Waals surface area contributed by atoms with E-state index in [1.54, 1.807) is 0 Å². The summed E-state index contributed by atoms with van der Waals surface area (Å²) in [5, 5.41) is 19.5. The third-order valence-corrected chi connectivity index (χ3v) is 4.71. The van der Waals surface area contributed by atoms with E-state index >= 15 is 0 Å². The maximum absolute atomic E-state index is 10.0. The Labute approximate surface area is 148 Å². The van der Waals surface area contributed by atoms with E-state index in [0.29, 0.717) is 26.2 Å². The first-order valence-corrected chi connectivity index (χ1v) is 9.11. The molecule has 0 saturated heterocycles. The van der Waals surface area contributed by atoms with Gasteiger partial charge in [-0.2, -0.15) is 0 Å². The normalized spacial score (nSPS) is 24.2. The van der Waals surface area contributed by atoms with Gasteiger partial charge in [0.25, 0.3) is 0 Å². The number of aliphatic hydroxyl groups excluding tert-OH is 2. The van der Waals surface area contributed by atoms with Crippen LogP contribution in [0.5, 0.6) is 0 Å². The summed E-state index contributed by atoms with van der Waals surface area (Å²) in [5.74, 6) is 0. The van der Waals surface area contributed by atoms with Gasteiger partial charge in [0.2, 0.25) is 0 Å². The van der Waals surface area contributed by atoms with Crippen LogP contribution in [0.4, 0.5) is 0 Å². The molecular formula is C18H35BN2O3. The first-order valence-electron chi connectivity index (χ1n) is 9.11. The quantitative estimate of drug-likeness (QED) is 0.496. The molecule has 5 nitrogen and oxygen atoms in total. The number of hydrogen-bond acceptors (Lipinski definition) is 5. The van der Waals surface area contributed by atoms with Crippen LogP contribution in [0.25, 0.3) is 0 Å². The van der Waals surface area contributed by atoms with Crippen molar-refractivity contribution in [1.82, 2.24) is 9.80 Å². The number of nitrogens with zero attached hydrogens (tertiary/aromatic N) is 2. The molecule has 0 aromatic rings. The molecule has 1 aliphatic heterocycles. The van der Waals surface area contributed by atoms with Gasteiger partial charge < -0.3 is 14.9 Å². The number of rotatable bonds is 9. The molecule has 2 unspecified atom stereocenters. The Hall–Kier alpha value is -0.655. The van der Waals surface area contributed by atoms with Crippen LogP contribution in [0.1, 0.15) is 26.2 Å². The summed E-state index contributed by atoms with van der Waals surface area (Å²) in [6.45, 7) is 8.33. The second-order valence-corrected chi connectivity index (χ2v) is 6.88. The third-order valence-electron chi connectivity index (χ3n) is 4.71. The number of aliphatic hydroxyl groups is 2. The molecule has 1 heterocycles. The fourth-order valence-corrected chi connectivity index (χ4v) is 3.14. The van der Waals surface area contributed by atoms with Gasteiger partial charge in [0.15, 0.2) is 13.0 Å². The topological polar surface area (TPSA) is 56.2 Å². The maximum Gasteiger partial charge on any atom is 0.169 e. The van der Waals surface area contributed by atoms with E-state index in [9.17, 15) is 10.2 Å². The first kappa shape index (κ1) is 21.4. The standard InChI is InChI=1S/C18H35BN2O3/c1-6-24-18(23)14-16(10-12-22)21(5)17-13-15(19(2)3)9-7-8-11-20(17)4/h7,9,13,16-18,22-23H,6,8,10-12,14H2,1-5H3/b9-7?,15-13+/t16-,17?,18?/m0/s1. The average Bonchev–Trinajstić information content (AvgIpc) is 2.50. The van der Waals surface area contributed by atoms with Crippen molar-refractivity contribution in [2.75, 3.05) is 33.9 Å². The Morgan fingerprint density at radius 1 is 1.46 bits per heavy atom. The van der Waals surface area contributed by atoms with Crippen molar-refractivity contribution in [3.8, 4) is 0 Å². The van der Waals surface area contributed by atoms with Gasteiger partial charge >= 0.3 is 0 Å². The zero-order valence-corrected chi connectivity index (χ0v) is 16.0. The van der Waals surface area contributed by atoms with Gasteiger partial charge in [-0.05, 0) is 33.9 Å². The van der Waals surface area contributed by atoms with Crippen LogP contribution in [0.3, 0.4) is 0 Å². The lowest BCUT2D eigenvalue weighted by Gasteiger charge is -2.40. The number of likely N-dealkylation sites (N-methyl/N-ethyl adjacent to an activating group) is 2. The molecule has 3 atom stereocenters. The van der Waals surface area contributed by atoms with Gasteiger partial charge in [0.1, 0.15) is 0 Å². The van der Waals surface area contributed by atoms with Crippen LogP contribution < -0.4 is 0 Å². The number of ether oxygens (including phenoxy) is 1. The monoisotopic (exact) mass is 338 g/mol. The van der Waals surface area contributed by atoms with Gasteiger partial charge in [-0.3, -0.25) is 9.80 Å². The minimum Gasteiger partial charge on any atom is -0.396 e. The first-order chi connectivity index (χ1) is 11.4. The van der Waals surface area contributed by atoms with Gasteiger partial charge in [-0.1, -0.05) is 37.3 Å². The molecule has 0 aromatic heterocycles. The van der Waals surface area contributed by atoms with E-state index in [2.05, 4.69) is 55.8 Å². The fourth-order valence-electron chi connectivity index (χ4n) is 3.14. The number of hydrogen-bond donors (Lipinski definition) is 2. The zero-order chi connectivity index (χ0) is 18.1. The van der Waals surface area contributed by atoms with Crippen LogP contribution in [0.2, 0.25) is 13.6 Å². The molecule has 6 heteroatoms. The molecule has 24 heavy (non-hydrogen) atoms. The second-order valence-electron chi connectivity index (χ2n) is 6.88. The smallest absolute Gasteiger partial charge is 0.169 e. The van der Waals surface area contributed by atoms with E-state index in [1.165, 1.54) is 5.47 Å². The van der Waals surface area contributed by atoms with Gasteiger partial charge in [-0.25, -0.2) is 0 Å². The lowest BCUT2D eigenvalue weighted by molar-refractivity contribution is -0.114. The summed E-state index contributed by atoms with van der Waals surface area (Å²) in [5.41, 5.74) is 1.33. The molecule has 0 radical (unpaired) electrons. The second kappa shape index (κ2) is 11.1. The van der Waals surface area contributed by atoms with Crippen LogP contribution in [0.15, 0.2) is 23.7 Å². The molecule has 0 spiro atoms. The van der Waals surface area contributed by atoms with Crippen molar-refractivity contribution in [1.29, 1.82) is 0 Å². The Balaban J connectivity index is 2.98. The van der Waals surface area contributed by atoms with E-state index < -0.39 is 6.29 Å². The van der Waals surface area contributed by atoms with Crippen LogP contribution in [0, 0.1) is 0 Å².